The number of piperazine rings is 1. The SMILES string of the molecule is C=C(O)c1cn(C2CC2)c2cc(N3CCN(C4=C5NC(=O)/C(C)=C\C=C\[C@H](C)[C@H](O)[C@@H](C)[C@@H](O)[C@@H](C)[C@H](OC(C)=O)[C@H](C)[C@@H](OC)/C=C/O[C@@]6(C)Oc7c(C)c(O)c(c(c7C6=O)C4=O)C5=O)CC3)c(F)cc2c1=O. The number of ether oxygens (including phenoxy) is 4. The maximum absolute atomic E-state index is 16.2. The van der Waals surface area contributed by atoms with E-state index in [0.717, 1.165) is 25.2 Å². The lowest BCUT2D eigenvalue weighted by atomic mass is 9.78. The van der Waals surface area contributed by atoms with Crippen LogP contribution in [0.2, 0.25) is 0 Å². The van der Waals surface area contributed by atoms with Gasteiger partial charge in [0, 0.05) is 99.6 Å². The Hall–Kier alpha value is -7.09. The number of allylic oxidation sites excluding steroid dienone is 4. The van der Waals surface area contributed by atoms with Gasteiger partial charge in [-0.3, -0.25) is 28.8 Å². The average molecular weight is 1020 g/mol. The van der Waals surface area contributed by atoms with E-state index in [1.54, 1.807) is 49.6 Å². The summed E-state index contributed by atoms with van der Waals surface area (Å²) in [6.45, 7) is 15.8. The number of nitrogens with one attached hydrogen (secondary N) is 1. The number of amides is 1. The number of anilines is 1. The smallest absolute Gasteiger partial charge is 0.312 e. The van der Waals surface area contributed by atoms with Gasteiger partial charge in [0.05, 0.1) is 58.0 Å². The number of nitrogens with zero attached hydrogens (tertiary/aromatic N) is 3. The van der Waals surface area contributed by atoms with Gasteiger partial charge in [-0.1, -0.05) is 52.5 Å². The Kier molecular flexibility index (Phi) is 14.6. The van der Waals surface area contributed by atoms with Crippen LogP contribution in [0.5, 0.6) is 11.5 Å². The Balaban J connectivity index is 1.20. The number of aliphatic hydroxyl groups is 3. The van der Waals surface area contributed by atoms with Crippen molar-refractivity contribution in [2.45, 2.75) is 104 Å². The van der Waals surface area contributed by atoms with Gasteiger partial charge in [0.25, 0.3) is 11.7 Å². The highest BCUT2D eigenvalue weighted by Gasteiger charge is 2.53. The van der Waals surface area contributed by atoms with E-state index in [1.165, 1.54) is 59.2 Å². The molecule has 1 amide bonds. The lowest BCUT2D eigenvalue weighted by Gasteiger charge is -2.40. The van der Waals surface area contributed by atoms with Crippen LogP contribution in [0.1, 0.15) is 110 Å². The Morgan fingerprint density at radius 3 is 2.19 bits per heavy atom. The maximum atomic E-state index is 16.2. The fourth-order valence-electron chi connectivity index (χ4n) is 10.6. The number of benzene rings is 2. The van der Waals surface area contributed by atoms with Crippen molar-refractivity contribution in [2.24, 2.45) is 23.7 Å². The number of methoxy groups -OCH3 is 1. The number of rotatable bonds is 6. The number of hydrogen-bond donors (Lipinski definition) is 5. The van der Waals surface area contributed by atoms with E-state index in [2.05, 4.69) is 11.9 Å². The number of carbonyl (C=O) groups excluding carboxylic acids is 5. The van der Waals surface area contributed by atoms with Crippen molar-refractivity contribution in [1.29, 1.82) is 0 Å². The topological polar surface area (TPSA) is 244 Å². The van der Waals surface area contributed by atoms with E-state index in [4.69, 9.17) is 18.9 Å². The van der Waals surface area contributed by atoms with Crippen LogP contribution < -0.4 is 20.4 Å². The Bertz CT molecular complexity index is 3070. The van der Waals surface area contributed by atoms with Crippen LogP contribution in [0.25, 0.3) is 16.7 Å². The molecule has 74 heavy (non-hydrogen) atoms. The molecule has 394 valence electrons. The predicted octanol–water partition coefficient (Wildman–Crippen LogP) is 6.10. The molecule has 1 aromatic heterocycles. The van der Waals surface area contributed by atoms with E-state index in [9.17, 15) is 44.4 Å². The minimum absolute atomic E-state index is 0.0174. The van der Waals surface area contributed by atoms with Gasteiger partial charge < -0.3 is 59.1 Å². The van der Waals surface area contributed by atoms with E-state index in [0.29, 0.717) is 5.52 Å². The first-order valence-electron chi connectivity index (χ1n) is 24.7. The molecule has 1 saturated carbocycles. The number of Topliss-reactive ketones (excluding diaryl/α,β-unsaturated/α-hetero) is 3. The summed E-state index contributed by atoms with van der Waals surface area (Å²) in [5.41, 5.74) is -2.09. The summed E-state index contributed by atoms with van der Waals surface area (Å²) in [6, 6.07) is 2.75. The molecule has 0 unspecified atom stereocenters. The van der Waals surface area contributed by atoms with Gasteiger partial charge in [-0.2, -0.15) is 0 Å². The Morgan fingerprint density at radius 2 is 1.57 bits per heavy atom. The summed E-state index contributed by atoms with van der Waals surface area (Å²) in [6.07, 6.45) is 6.24. The first-order chi connectivity index (χ1) is 34.9. The number of carbonyl (C=O) groups is 5. The molecule has 0 spiro atoms. The summed E-state index contributed by atoms with van der Waals surface area (Å²) < 4.78 is 41.7. The molecule has 2 fully saturated rings. The van der Waals surface area contributed by atoms with Gasteiger partial charge in [0.2, 0.25) is 11.6 Å². The van der Waals surface area contributed by atoms with Crippen LogP contribution in [0, 0.1) is 36.4 Å². The summed E-state index contributed by atoms with van der Waals surface area (Å²) in [7, 11) is 1.41. The molecule has 2 aromatic carbocycles. The van der Waals surface area contributed by atoms with E-state index < -0.39 is 123 Å². The number of aliphatic hydroxyl groups excluding tert-OH is 3. The van der Waals surface area contributed by atoms with Gasteiger partial charge in [-0.15, -0.1) is 0 Å². The molecule has 2 aliphatic carbocycles. The molecule has 1 saturated heterocycles. The summed E-state index contributed by atoms with van der Waals surface area (Å²) >= 11 is 0. The molecule has 6 aliphatic rings. The highest BCUT2D eigenvalue weighted by atomic mass is 19.1. The predicted molar refractivity (Wildman–Crippen MR) is 270 cm³/mol. The molecule has 9 rings (SSSR count). The summed E-state index contributed by atoms with van der Waals surface area (Å²) in [4.78, 5) is 88.2. The molecule has 3 aromatic rings. The maximum Gasteiger partial charge on any atom is 0.312 e. The van der Waals surface area contributed by atoms with Crippen molar-refractivity contribution in [3.8, 4) is 11.5 Å². The van der Waals surface area contributed by atoms with E-state index in [1.807, 2.05) is 4.57 Å². The quantitative estimate of drug-likeness (QED) is 0.138. The third-order valence-electron chi connectivity index (χ3n) is 15.2. The number of esters is 1. The van der Waals surface area contributed by atoms with Crippen molar-refractivity contribution < 1.29 is 67.7 Å². The number of fused-ring (bicyclic) bond motifs is 15. The fourth-order valence-corrected chi connectivity index (χ4v) is 10.6. The van der Waals surface area contributed by atoms with Crippen LogP contribution in [-0.4, -0.2) is 123 Å². The number of aromatic nitrogens is 1. The zero-order valence-corrected chi connectivity index (χ0v) is 42.9. The fraction of sp³-hybridized carbons (Fsp3) is 0.455. The second-order valence-electron chi connectivity index (χ2n) is 20.3. The van der Waals surface area contributed by atoms with E-state index in [-0.39, 0.29) is 77.0 Å². The highest BCUT2D eigenvalue weighted by Crippen LogP contribution is 2.49. The molecule has 19 heteroatoms. The van der Waals surface area contributed by atoms with Crippen molar-refractivity contribution >= 4 is 51.6 Å². The molecule has 4 aliphatic heterocycles. The van der Waals surface area contributed by atoms with Crippen LogP contribution >= 0.6 is 0 Å². The zero-order chi connectivity index (χ0) is 54.0. The number of pyridine rings is 1. The number of aromatic hydroxyl groups is 1. The first kappa shape index (κ1) is 53.2. The number of phenols is 1. The molecular formula is C55H63FN4O14. The molecule has 5 bridgehead atoms. The third kappa shape index (κ3) is 9.40. The third-order valence-corrected chi connectivity index (χ3v) is 15.2. The second kappa shape index (κ2) is 20.3. The van der Waals surface area contributed by atoms with Crippen LogP contribution in [0.4, 0.5) is 10.1 Å². The van der Waals surface area contributed by atoms with Crippen LogP contribution in [0.15, 0.2) is 77.2 Å². The van der Waals surface area contributed by atoms with E-state index >= 15 is 9.18 Å². The number of ketones is 3. The van der Waals surface area contributed by atoms with Crippen LogP contribution in [0.3, 0.4) is 0 Å². The van der Waals surface area contributed by atoms with Gasteiger partial charge in [-0.05, 0) is 44.9 Å². The van der Waals surface area contributed by atoms with Crippen molar-refractivity contribution in [2.75, 3.05) is 38.2 Å². The molecular weight excluding hydrogens is 960 g/mol. The number of phenolic OH excluding ortho intramolecular Hbond substituents is 1. The zero-order valence-electron chi connectivity index (χ0n) is 42.9. The summed E-state index contributed by atoms with van der Waals surface area (Å²) in [5.74, 6) is -11.1. The normalized spacial score (nSPS) is 29.6. The highest BCUT2D eigenvalue weighted by molar-refractivity contribution is 6.32. The molecule has 5 heterocycles. The monoisotopic (exact) mass is 1020 g/mol. The van der Waals surface area contributed by atoms with Crippen molar-refractivity contribution in [3.05, 3.63) is 116 Å². The number of halogens is 1. The Labute approximate surface area is 427 Å². The molecule has 5 N–H and O–H groups in total. The molecule has 9 atom stereocenters. The van der Waals surface area contributed by atoms with Crippen molar-refractivity contribution in [1.82, 2.24) is 14.8 Å². The Morgan fingerprint density at radius 1 is 0.905 bits per heavy atom. The first-order valence-corrected chi connectivity index (χ1v) is 24.7. The average Bonchev–Trinajstić information content (AvgIpc) is 4.18. The van der Waals surface area contributed by atoms with Gasteiger partial charge >= 0.3 is 11.8 Å². The number of hydrogen-bond acceptors (Lipinski definition) is 16. The summed E-state index contributed by atoms with van der Waals surface area (Å²) in [5, 5.41) is 47.8. The standard InChI is InChI=1S/C55H63FN4O14/c1-25-12-11-13-26(2)54(70)57-43-44(59-19-17-58(18-20-59)38-23-37-34(22-36(38)56)48(66)35(31(7)61)24-60(37)33-14-15-33)50(68)40-41(49(43)67)47(65)30(6)52-42(40)53(69)55(9,74-52)72-21-16-39(71-10)27(3)51(73-32(8)62)29(5)46(64)28(4)45(25)63/h11-13,16,21-25,27-29,33,39,45-46,51,61,63-65H,7,14-15,17-20H2,1-6,8-10H3,(H,57,70)/b12-11+,21-16+,26-13-/t25-,27+,28+,29+,39-,45-,46+,51+,55-/m0/s1. The second-order valence-corrected chi connectivity index (χ2v) is 20.3. The van der Waals surface area contributed by atoms with Gasteiger partial charge in [-0.25, -0.2) is 4.39 Å². The lowest BCUT2D eigenvalue weighted by molar-refractivity contribution is -0.160. The largest absolute Gasteiger partial charge is 0.508 e. The molecule has 18 nitrogen and oxygen atoms in total. The molecule has 0 radical (unpaired) electrons. The van der Waals surface area contributed by atoms with Crippen LogP contribution in [-0.2, 0) is 23.8 Å². The van der Waals surface area contributed by atoms with Gasteiger partial charge in [0.1, 0.15) is 40.6 Å². The van der Waals surface area contributed by atoms with Crippen molar-refractivity contribution in [3.63, 3.8) is 0 Å². The van der Waals surface area contributed by atoms with Gasteiger partial charge in [0.15, 0.2) is 5.43 Å². The minimum atomic E-state index is -2.17. The minimum Gasteiger partial charge on any atom is -0.508 e. The lowest BCUT2D eigenvalue weighted by Crippen LogP contribution is -2.50.